The normalized spacial score (nSPS) is 11.1. The van der Waals surface area contributed by atoms with E-state index in [-0.39, 0.29) is 5.82 Å². The molecule has 0 amide bonds. The highest BCUT2D eigenvalue weighted by Gasteiger charge is 2.04. The first-order valence-electron chi connectivity index (χ1n) is 6.67. The minimum Gasteiger partial charge on any atom is -0.456 e. The number of ether oxygens (including phenoxy) is 1. The van der Waals surface area contributed by atoms with Gasteiger partial charge in [-0.15, -0.1) is 0 Å². The van der Waals surface area contributed by atoms with E-state index in [1.165, 1.54) is 11.8 Å². The van der Waals surface area contributed by atoms with Crippen molar-refractivity contribution < 1.29 is 13.2 Å². The summed E-state index contributed by atoms with van der Waals surface area (Å²) in [4.78, 5) is 3.99. The lowest BCUT2D eigenvalue weighted by Gasteiger charge is -2.07. The molecular weight excluding hydrogens is 288 g/mol. The molecule has 112 valence electrons. The fraction of sp³-hybridized carbons (Fsp3) is 0.267. The Hall–Kier alpha value is -2.08. The molecule has 0 fully saturated rings. The quantitative estimate of drug-likeness (QED) is 0.890. The topological polar surface area (TPSA) is 68.3 Å². The zero-order valence-electron chi connectivity index (χ0n) is 12.0. The highest BCUT2D eigenvalue weighted by molar-refractivity contribution is 7.92. The highest BCUT2D eigenvalue weighted by Crippen LogP contribution is 2.22. The largest absolute Gasteiger partial charge is 0.456 e. The van der Waals surface area contributed by atoms with Crippen LogP contribution in [0, 0.1) is 0 Å². The number of anilines is 1. The number of nitrogens with one attached hydrogen (secondary N) is 1. The molecule has 0 saturated carbocycles. The molecule has 2 rings (SSSR count). The number of aryl methyl sites for hydroxylation is 1. The molecule has 0 aliphatic heterocycles. The van der Waals surface area contributed by atoms with Gasteiger partial charge in [-0.1, -0.05) is 25.5 Å². The average Bonchev–Trinajstić information content (AvgIpc) is 2.42. The molecule has 1 aromatic heterocycles. The van der Waals surface area contributed by atoms with Crippen molar-refractivity contribution in [1.82, 2.24) is 4.98 Å². The Balaban J connectivity index is 2.02. The van der Waals surface area contributed by atoms with E-state index in [4.69, 9.17) is 4.74 Å². The summed E-state index contributed by atoms with van der Waals surface area (Å²) in [6, 6.07) is 11.1. The average molecular weight is 306 g/mol. The van der Waals surface area contributed by atoms with E-state index in [2.05, 4.69) is 16.6 Å². The molecule has 0 bridgehead atoms. The first-order chi connectivity index (χ1) is 9.96. The van der Waals surface area contributed by atoms with Crippen molar-refractivity contribution in [1.29, 1.82) is 0 Å². The van der Waals surface area contributed by atoms with E-state index in [1.54, 1.807) is 12.1 Å². The number of nitrogens with zero attached hydrogens (tertiary/aromatic N) is 1. The van der Waals surface area contributed by atoms with Crippen LogP contribution in [0.15, 0.2) is 42.6 Å². The number of aromatic nitrogens is 1. The Morgan fingerprint density at radius 2 is 1.76 bits per heavy atom. The summed E-state index contributed by atoms with van der Waals surface area (Å²) >= 11 is 0. The number of hydrogen-bond donors (Lipinski definition) is 1. The number of sulfonamides is 1. The zero-order chi connectivity index (χ0) is 15.3. The van der Waals surface area contributed by atoms with Crippen molar-refractivity contribution in [3.63, 3.8) is 0 Å². The maximum Gasteiger partial charge on any atom is 0.230 e. The maximum atomic E-state index is 11.1. The molecule has 0 unspecified atom stereocenters. The van der Waals surface area contributed by atoms with Gasteiger partial charge in [-0.05, 0) is 36.2 Å². The van der Waals surface area contributed by atoms with Gasteiger partial charge in [0.25, 0.3) is 0 Å². The summed E-state index contributed by atoms with van der Waals surface area (Å²) in [6.07, 6.45) is 4.72. The minimum absolute atomic E-state index is 0.267. The van der Waals surface area contributed by atoms with Crippen LogP contribution < -0.4 is 9.46 Å². The van der Waals surface area contributed by atoms with Crippen LogP contribution in [0.2, 0.25) is 0 Å². The molecule has 6 heteroatoms. The molecule has 1 N–H and O–H groups in total. The Bertz CT molecular complexity index is 680. The standard InChI is InChI=1S/C15H18N2O3S/c1-3-4-12-5-7-13(8-6-12)20-14-9-10-15(16-11-14)17-21(2,18)19/h5-11H,3-4H2,1-2H3,(H,16,17). The lowest BCUT2D eigenvalue weighted by atomic mass is 10.1. The molecule has 2 aromatic rings. The van der Waals surface area contributed by atoms with Gasteiger partial charge >= 0.3 is 0 Å². The van der Waals surface area contributed by atoms with Gasteiger partial charge in [-0.25, -0.2) is 13.4 Å². The second-order valence-corrected chi connectivity index (χ2v) is 6.50. The van der Waals surface area contributed by atoms with Crippen molar-refractivity contribution in [2.24, 2.45) is 0 Å². The van der Waals surface area contributed by atoms with Crippen LogP contribution in [-0.2, 0) is 16.4 Å². The van der Waals surface area contributed by atoms with Gasteiger partial charge in [0.05, 0.1) is 12.5 Å². The Kier molecular flexibility index (Phi) is 4.80. The van der Waals surface area contributed by atoms with Crippen LogP contribution >= 0.6 is 0 Å². The molecule has 1 heterocycles. The van der Waals surface area contributed by atoms with Gasteiger partial charge in [0.15, 0.2) is 0 Å². The van der Waals surface area contributed by atoms with Crippen LogP contribution in [0.3, 0.4) is 0 Å². The number of pyridine rings is 1. The van der Waals surface area contributed by atoms with Gasteiger partial charge in [0.1, 0.15) is 17.3 Å². The molecule has 0 aliphatic rings. The Morgan fingerprint density at radius 3 is 2.29 bits per heavy atom. The van der Waals surface area contributed by atoms with Gasteiger partial charge < -0.3 is 4.74 Å². The van der Waals surface area contributed by atoms with Crippen molar-refractivity contribution in [2.75, 3.05) is 11.0 Å². The predicted octanol–water partition coefficient (Wildman–Crippen LogP) is 3.20. The molecule has 0 saturated heterocycles. The van der Waals surface area contributed by atoms with E-state index in [9.17, 15) is 8.42 Å². The molecule has 21 heavy (non-hydrogen) atoms. The summed E-state index contributed by atoms with van der Waals surface area (Å²) < 4.78 is 30.1. The fourth-order valence-corrected chi connectivity index (χ4v) is 2.34. The number of rotatable bonds is 6. The molecule has 0 aliphatic carbocycles. The summed E-state index contributed by atoms with van der Waals surface area (Å²) in [5.74, 6) is 1.54. The third-order valence-electron chi connectivity index (χ3n) is 2.72. The SMILES string of the molecule is CCCc1ccc(Oc2ccc(NS(C)(=O)=O)nc2)cc1. The lowest BCUT2D eigenvalue weighted by Crippen LogP contribution is -2.10. The van der Waals surface area contributed by atoms with E-state index in [0.717, 1.165) is 24.8 Å². The maximum absolute atomic E-state index is 11.1. The molecule has 5 nitrogen and oxygen atoms in total. The van der Waals surface area contributed by atoms with Crippen LogP contribution in [0.25, 0.3) is 0 Å². The van der Waals surface area contributed by atoms with Crippen molar-refractivity contribution in [2.45, 2.75) is 19.8 Å². The third kappa shape index (κ3) is 5.07. The van der Waals surface area contributed by atoms with Gasteiger partial charge in [0.2, 0.25) is 10.0 Å². The Morgan fingerprint density at radius 1 is 1.10 bits per heavy atom. The molecule has 0 radical (unpaired) electrons. The van der Waals surface area contributed by atoms with Crippen LogP contribution in [0.4, 0.5) is 5.82 Å². The number of benzene rings is 1. The van der Waals surface area contributed by atoms with Crippen LogP contribution in [0.5, 0.6) is 11.5 Å². The predicted molar refractivity (Wildman–Crippen MR) is 83.2 cm³/mol. The van der Waals surface area contributed by atoms with E-state index < -0.39 is 10.0 Å². The lowest BCUT2D eigenvalue weighted by molar-refractivity contribution is 0.480. The monoisotopic (exact) mass is 306 g/mol. The summed E-state index contributed by atoms with van der Waals surface area (Å²) in [5, 5.41) is 0. The zero-order valence-corrected chi connectivity index (χ0v) is 12.9. The third-order valence-corrected chi connectivity index (χ3v) is 3.30. The smallest absolute Gasteiger partial charge is 0.230 e. The van der Waals surface area contributed by atoms with Gasteiger partial charge in [0, 0.05) is 0 Å². The minimum atomic E-state index is -3.31. The van der Waals surface area contributed by atoms with E-state index >= 15 is 0 Å². The van der Waals surface area contributed by atoms with Gasteiger partial charge in [-0.2, -0.15) is 0 Å². The molecule has 0 spiro atoms. The first-order valence-corrected chi connectivity index (χ1v) is 8.56. The highest BCUT2D eigenvalue weighted by atomic mass is 32.2. The summed E-state index contributed by atoms with van der Waals surface area (Å²) in [7, 11) is -3.31. The summed E-state index contributed by atoms with van der Waals surface area (Å²) in [5.41, 5.74) is 1.27. The molecular formula is C15H18N2O3S. The van der Waals surface area contributed by atoms with Crippen molar-refractivity contribution in [3.8, 4) is 11.5 Å². The van der Waals surface area contributed by atoms with Crippen molar-refractivity contribution in [3.05, 3.63) is 48.2 Å². The molecule has 0 atom stereocenters. The van der Waals surface area contributed by atoms with Gasteiger partial charge in [-0.3, -0.25) is 4.72 Å². The number of hydrogen-bond acceptors (Lipinski definition) is 4. The molecule has 1 aromatic carbocycles. The second-order valence-electron chi connectivity index (χ2n) is 4.75. The van der Waals surface area contributed by atoms with Crippen molar-refractivity contribution >= 4 is 15.8 Å². The first kappa shape index (κ1) is 15.3. The summed E-state index contributed by atoms with van der Waals surface area (Å²) in [6.45, 7) is 2.14. The van der Waals surface area contributed by atoms with E-state index in [0.29, 0.717) is 5.75 Å². The second kappa shape index (κ2) is 6.58. The van der Waals surface area contributed by atoms with Crippen LogP contribution in [0.1, 0.15) is 18.9 Å². The van der Waals surface area contributed by atoms with E-state index in [1.807, 2.05) is 24.3 Å². The Labute approximate surface area is 125 Å². The van der Waals surface area contributed by atoms with Crippen LogP contribution in [-0.4, -0.2) is 19.7 Å². The fourth-order valence-electron chi connectivity index (χ4n) is 1.84.